The fourth-order valence-electron chi connectivity index (χ4n) is 3.74. The van der Waals surface area contributed by atoms with Gasteiger partial charge in [0.2, 0.25) is 5.88 Å². The van der Waals surface area contributed by atoms with Crippen LogP contribution in [0.2, 0.25) is 0 Å². The number of amides is 1. The van der Waals surface area contributed by atoms with Gasteiger partial charge in [0.1, 0.15) is 11.1 Å². The molecule has 2 aromatic heterocycles. The molecule has 1 unspecified atom stereocenters. The summed E-state index contributed by atoms with van der Waals surface area (Å²) in [6.07, 6.45) is 1.48. The summed E-state index contributed by atoms with van der Waals surface area (Å²) >= 11 is 0. The van der Waals surface area contributed by atoms with Gasteiger partial charge in [-0.25, -0.2) is 9.78 Å². The third-order valence-corrected chi connectivity index (χ3v) is 4.96. The molecular formula is C19H24N4O3. The molecule has 4 rings (SSSR count). The highest BCUT2D eigenvalue weighted by atomic mass is 16.6. The van der Waals surface area contributed by atoms with Crippen molar-refractivity contribution in [2.45, 2.75) is 32.4 Å². The lowest BCUT2D eigenvalue weighted by atomic mass is 10.2. The molecule has 3 atom stereocenters. The number of methoxy groups -OCH3 is 1. The highest BCUT2D eigenvalue weighted by molar-refractivity contribution is 5.88. The molecule has 2 aliphatic rings. The zero-order valence-electron chi connectivity index (χ0n) is 15.5. The number of hydrogen-bond acceptors (Lipinski definition) is 6. The van der Waals surface area contributed by atoms with E-state index in [0.29, 0.717) is 17.7 Å². The van der Waals surface area contributed by atoms with Gasteiger partial charge in [0.25, 0.3) is 0 Å². The predicted octanol–water partition coefficient (Wildman–Crippen LogP) is 2.60. The number of aromatic nitrogens is 2. The van der Waals surface area contributed by atoms with Crippen LogP contribution >= 0.6 is 0 Å². The highest BCUT2D eigenvalue weighted by Crippen LogP contribution is 2.47. The number of anilines is 1. The second-order valence-electron chi connectivity index (χ2n) is 7.96. The van der Waals surface area contributed by atoms with Crippen LogP contribution in [0.25, 0.3) is 11.0 Å². The Morgan fingerprint density at radius 3 is 2.62 bits per heavy atom. The maximum absolute atomic E-state index is 12.0. The molecule has 0 aromatic carbocycles. The van der Waals surface area contributed by atoms with Crippen LogP contribution in [0, 0.1) is 11.8 Å². The molecule has 1 aliphatic carbocycles. The number of alkyl carbamates (subject to hydrolysis) is 1. The lowest BCUT2D eigenvalue weighted by molar-refractivity contribution is 0.0518. The Bertz CT molecular complexity index is 836. The normalized spacial score (nSPS) is 24.3. The molecule has 1 saturated heterocycles. The van der Waals surface area contributed by atoms with Gasteiger partial charge in [-0.15, -0.1) is 0 Å². The minimum Gasteiger partial charge on any atom is -0.481 e. The van der Waals surface area contributed by atoms with E-state index >= 15 is 0 Å². The average Bonchev–Trinajstić information content (AvgIpc) is 3.02. The van der Waals surface area contributed by atoms with E-state index in [-0.39, 0.29) is 12.1 Å². The number of rotatable bonds is 3. The molecule has 1 N–H and O–H groups in total. The molecule has 7 heteroatoms. The van der Waals surface area contributed by atoms with Crippen molar-refractivity contribution in [2.75, 3.05) is 25.1 Å². The van der Waals surface area contributed by atoms with E-state index < -0.39 is 5.60 Å². The number of hydrogen-bond donors (Lipinski definition) is 1. The van der Waals surface area contributed by atoms with Gasteiger partial charge in [0, 0.05) is 43.2 Å². The summed E-state index contributed by atoms with van der Waals surface area (Å²) in [6, 6.07) is 5.95. The number of piperidine rings is 1. The Kier molecular flexibility index (Phi) is 3.89. The molecule has 3 heterocycles. The number of nitrogens with zero attached hydrogens (tertiary/aromatic N) is 3. The van der Waals surface area contributed by atoms with E-state index in [1.54, 1.807) is 7.11 Å². The lowest BCUT2D eigenvalue weighted by Gasteiger charge is -2.24. The first-order valence-corrected chi connectivity index (χ1v) is 8.90. The first-order valence-electron chi connectivity index (χ1n) is 8.90. The van der Waals surface area contributed by atoms with Gasteiger partial charge in [-0.1, -0.05) is 0 Å². The van der Waals surface area contributed by atoms with E-state index in [1.165, 1.54) is 0 Å². The number of ether oxygens (including phenoxy) is 2. The van der Waals surface area contributed by atoms with Crippen molar-refractivity contribution in [3.8, 4) is 5.88 Å². The predicted molar refractivity (Wildman–Crippen MR) is 98.4 cm³/mol. The number of pyridine rings is 2. The Morgan fingerprint density at radius 2 is 1.96 bits per heavy atom. The zero-order chi connectivity index (χ0) is 18.5. The molecule has 2 fully saturated rings. The number of nitrogens with one attached hydrogen (secondary N) is 1. The third kappa shape index (κ3) is 3.13. The van der Waals surface area contributed by atoms with Crippen LogP contribution in [0.5, 0.6) is 5.88 Å². The second-order valence-corrected chi connectivity index (χ2v) is 7.96. The molecule has 26 heavy (non-hydrogen) atoms. The van der Waals surface area contributed by atoms with Gasteiger partial charge in [-0.3, -0.25) is 4.98 Å². The van der Waals surface area contributed by atoms with Gasteiger partial charge in [-0.2, -0.15) is 0 Å². The van der Waals surface area contributed by atoms with Crippen LogP contribution in [0.1, 0.15) is 20.8 Å². The van der Waals surface area contributed by atoms with E-state index in [1.807, 2.05) is 45.2 Å². The first kappa shape index (κ1) is 16.9. The van der Waals surface area contributed by atoms with Crippen LogP contribution in [0.3, 0.4) is 0 Å². The Hall–Kier alpha value is -2.57. The summed E-state index contributed by atoms with van der Waals surface area (Å²) in [7, 11) is 1.61. The smallest absolute Gasteiger partial charge is 0.407 e. The summed E-state index contributed by atoms with van der Waals surface area (Å²) in [5.41, 5.74) is 2.30. The van der Waals surface area contributed by atoms with Gasteiger partial charge in [-0.05, 0) is 32.9 Å². The summed E-state index contributed by atoms with van der Waals surface area (Å²) in [5, 5.41) is 3.00. The summed E-state index contributed by atoms with van der Waals surface area (Å²) < 4.78 is 10.6. The van der Waals surface area contributed by atoms with E-state index in [2.05, 4.69) is 20.2 Å². The molecule has 1 aliphatic heterocycles. The fourth-order valence-corrected chi connectivity index (χ4v) is 3.74. The minimum atomic E-state index is -0.471. The highest BCUT2D eigenvalue weighted by Gasteiger charge is 2.57. The van der Waals surface area contributed by atoms with E-state index in [9.17, 15) is 4.79 Å². The molecule has 7 nitrogen and oxygen atoms in total. The number of fused-ring (bicyclic) bond motifs is 2. The largest absolute Gasteiger partial charge is 0.481 e. The van der Waals surface area contributed by atoms with Crippen molar-refractivity contribution in [3.63, 3.8) is 0 Å². The van der Waals surface area contributed by atoms with Gasteiger partial charge < -0.3 is 19.7 Å². The average molecular weight is 356 g/mol. The standard InChI is InChI=1S/C19H24N4O3/c1-19(2,3)26-18(24)22-16-11-9-23(10-12(11)16)14-7-8-20-13-5-6-15(25-4)21-17(13)14/h5-8,11-12,16H,9-10H2,1-4H3,(H,22,24)/t11-,12+,16?. The summed E-state index contributed by atoms with van der Waals surface area (Å²) in [4.78, 5) is 23.2. The van der Waals surface area contributed by atoms with Crippen molar-refractivity contribution in [1.29, 1.82) is 0 Å². The molecule has 1 saturated carbocycles. The van der Waals surface area contributed by atoms with Crippen molar-refractivity contribution in [3.05, 3.63) is 24.4 Å². The number of carbonyl (C=O) groups excluding carboxylic acids is 1. The minimum absolute atomic E-state index is 0.205. The lowest BCUT2D eigenvalue weighted by Crippen LogP contribution is -2.38. The second kappa shape index (κ2) is 6.00. The molecular weight excluding hydrogens is 332 g/mol. The third-order valence-electron chi connectivity index (χ3n) is 4.96. The number of carbonyl (C=O) groups is 1. The molecule has 0 spiro atoms. The maximum Gasteiger partial charge on any atom is 0.407 e. The van der Waals surface area contributed by atoms with Crippen LogP contribution in [0.15, 0.2) is 24.4 Å². The van der Waals surface area contributed by atoms with Crippen molar-refractivity contribution >= 4 is 22.8 Å². The Balaban J connectivity index is 1.44. The van der Waals surface area contributed by atoms with E-state index in [0.717, 1.165) is 29.8 Å². The van der Waals surface area contributed by atoms with Crippen molar-refractivity contribution in [1.82, 2.24) is 15.3 Å². The van der Waals surface area contributed by atoms with Crippen LogP contribution in [0.4, 0.5) is 10.5 Å². The SMILES string of the molecule is COc1ccc2nccc(N3C[C@@H]4C(NC(=O)OC(C)(C)C)[C@@H]4C3)c2n1. The zero-order valence-corrected chi connectivity index (χ0v) is 15.5. The topological polar surface area (TPSA) is 76.6 Å². The van der Waals surface area contributed by atoms with E-state index in [4.69, 9.17) is 9.47 Å². The van der Waals surface area contributed by atoms with Crippen molar-refractivity contribution < 1.29 is 14.3 Å². The molecule has 1 amide bonds. The Labute approximate surface area is 152 Å². The molecule has 2 aromatic rings. The summed E-state index contributed by atoms with van der Waals surface area (Å²) in [5.74, 6) is 1.49. The van der Waals surface area contributed by atoms with Crippen LogP contribution in [-0.4, -0.2) is 47.9 Å². The molecule has 0 radical (unpaired) electrons. The van der Waals surface area contributed by atoms with Crippen LogP contribution in [-0.2, 0) is 4.74 Å². The molecule has 138 valence electrons. The first-order chi connectivity index (χ1) is 12.4. The van der Waals surface area contributed by atoms with Crippen LogP contribution < -0.4 is 15.0 Å². The van der Waals surface area contributed by atoms with Gasteiger partial charge in [0.05, 0.1) is 18.3 Å². The quantitative estimate of drug-likeness (QED) is 0.911. The van der Waals surface area contributed by atoms with Gasteiger partial charge in [0.15, 0.2) is 0 Å². The van der Waals surface area contributed by atoms with Gasteiger partial charge >= 0.3 is 6.09 Å². The Morgan fingerprint density at radius 1 is 1.23 bits per heavy atom. The summed E-state index contributed by atoms with van der Waals surface area (Å²) in [6.45, 7) is 7.40. The van der Waals surface area contributed by atoms with Crippen molar-refractivity contribution in [2.24, 2.45) is 11.8 Å². The maximum atomic E-state index is 12.0. The monoisotopic (exact) mass is 356 g/mol. The fraction of sp³-hybridized carbons (Fsp3) is 0.526. The molecule has 0 bridgehead atoms.